The van der Waals surface area contributed by atoms with Crippen LogP contribution in [0.1, 0.15) is 18.4 Å². The predicted molar refractivity (Wildman–Crippen MR) is 77.8 cm³/mol. The number of aliphatic hydroxyl groups is 1. The first-order valence-corrected chi connectivity index (χ1v) is 8.26. The Morgan fingerprint density at radius 3 is 2.40 bits per heavy atom. The van der Waals surface area contributed by atoms with Crippen LogP contribution in [0.5, 0.6) is 0 Å². The van der Waals surface area contributed by atoms with Crippen molar-refractivity contribution in [2.24, 2.45) is 0 Å². The molecule has 6 heteroatoms. The van der Waals surface area contributed by atoms with Gasteiger partial charge in [0.1, 0.15) is 0 Å². The Morgan fingerprint density at radius 1 is 1.25 bits per heavy atom. The summed E-state index contributed by atoms with van der Waals surface area (Å²) < 4.78 is 26.8. The minimum Gasteiger partial charge on any atom is -0.392 e. The molecule has 0 aromatic heterocycles. The summed E-state index contributed by atoms with van der Waals surface area (Å²) in [5.41, 5.74) is 0.460. The second-order valence-corrected chi connectivity index (χ2v) is 7.27. The minimum atomic E-state index is -3.50. The second kappa shape index (κ2) is 6.22. The molecule has 0 atom stereocenters. The van der Waals surface area contributed by atoms with Gasteiger partial charge in [0.15, 0.2) is 0 Å². The highest BCUT2D eigenvalue weighted by Gasteiger charge is 2.31. The third-order valence-corrected chi connectivity index (χ3v) is 5.91. The number of hydrogen-bond acceptors (Lipinski definition) is 4. The zero-order valence-electron chi connectivity index (χ0n) is 12.0. The van der Waals surface area contributed by atoms with E-state index in [0.717, 1.165) is 12.8 Å². The minimum absolute atomic E-state index is 0.228. The molecule has 20 heavy (non-hydrogen) atoms. The fourth-order valence-corrected chi connectivity index (χ4v) is 4.31. The zero-order chi connectivity index (χ0) is 14.8. The van der Waals surface area contributed by atoms with Crippen molar-refractivity contribution in [2.75, 3.05) is 27.2 Å². The SMILES string of the molecule is CN(C)C1CCN(S(=O)(=O)c2ccccc2CO)CC1. The van der Waals surface area contributed by atoms with Crippen molar-refractivity contribution in [2.45, 2.75) is 30.4 Å². The van der Waals surface area contributed by atoms with Crippen LogP contribution in [0.15, 0.2) is 29.2 Å². The lowest BCUT2D eigenvalue weighted by Crippen LogP contribution is -2.44. The Bertz CT molecular complexity index is 549. The van der Waals surface area contributed by atoms with E-state index in [1.165, 1.54) is 4.31 Å². The van der Waals surface area contributed by atoms with Crippen molar-refractivity contribution in [1.29, 1.82) is 0 Å². The molecule has 0 radical (unpaired) electrons. The first kappa shape index (κ1) is 15.4. The second-order valence-electron chi connectivity index (χ2n) is 5.36. The van der Waals surface area contributed by atoms with Crippen LogP contribution in [0.4, 0.5) is 0 Å². The van der Waals surface area contributed by atoms with Crippen molar-refractivity contribution < 1.29 is 13.5 Å². The maximum Gasteiger partial charge on any atom is 0.243 e. The van der Waals surface area contributed by atoms with Gasteiger partial charge in [-0.05, 0) is 38.6 Å². The Morgan fingerprint density at radius 2 is 1.85 bits per heavy atom. The quantitative estimate of drug-likeness (QED) is 0.897. The maximum absolute atomic E-state index is 12.6. The summed E-state index contributed by atoms with van der Waals surface area (Å²) in [4.78, 5) is 2.37. The van der Waals surface area contributed by atoms with Gasteiger partial charge in [-0.25, -0.2) is 8.42 Å². The highest BCUT2D eigenvalue weighted by Crippen LogP contribution is 2.24. The van der Waals surface area contributed by atoms with E-state index in [0.29, 0.717) is 24.7 Å². The van der Waals surface area contributed by atoms with E-state index in [1.54, 1.807) is 24.3 Å². The first-order valence-electron chi connectivity index (χ1n) is 6.82. The van der Waals surface area contributed by atoms with E-state index in [4.69, 9.17) is 0 Å². The summed E-state index contributed by atoms with van der Waals surface area (Å²) >= 11 is 0. The molecule has 5 nitrogen and oxygen atoms in total. The summed E-state index contributed by atoms with van der Waals surface area (Å²) in [5.74, 6) is 0. The fourth-order valence-electron chi connectivity index (χ4n) is 2.62. The van der Waals surface area contributed by atoms with Crippen LogP contribution in [0.2, 0.25) is 0 Å². The van der Waals surface area contributed by atoms with Crippen LogP contribution in [-0.2, 0) is 16.6 Å². The molecule has 0 amide bonds. The summed E-state index contributed by atoms with van der Waals surface area (Å²) in [5, 5.41) is 9.31. The van der Waals surface area contributed by atoms with E-state index in [1.807, 2.05) is 14.1 Å². The van der Waals surface area contributed by atoms with Crippen molar-refractivity contribution in [3.63, 3.8) is 0 Å². The molecule has 1 N–H and O–H groups in total. The van der Waals surface area contributed by atoms with Crippen molar-refractivity contribution >= 4 is 10.0 Å². The Hall–Kier alpha value is -0.950. The standard InChI is InChI=1S/C14H22N2O3S/c1-15(2)13-7-9-16(10-8-13)20(18,19)14-6-4-3-5-12(14)11-17/h3-6,13,17H,7-11H2,1-2H3. The van der Waals surface area contributed by atoms with Crippen LogP contribution >= 0.6 is 0 Å². The van der Waals surface area contributed by atoms with Gasteiger partial charge in [0.05, 0.1) is 11.5 Å². The number of benzene rings is 1. The summed E-state index contributed by atoms with van der Waals surface area (Å²) in [6.07, 6.45) is 1.68. The van der Waals surface area contributed by atoms with Gasteiger partial charge in [0.2, 0.25) is 10.0 Å². The largest absolute Gasteiger partial charge is 0.392 e. The third kappa shape index (κ3) is 3.03. The average Bonchev–Trinajstić information content (AvgIpc) is 2.47. The average molecular weight is 298 g/mol. The third-order valence-electron chi connectivity index (χ3n) is 3.91. The van der Waals surface area contributed by atoms with Gasteiger partial charge in [-0.1, -0.05) is 18.2 Å². The van der Waals surface area contributed by atoms with Gasteiger partial charge in [0.25, 0.3) is 0 Å². The zero-order valence-corrected chi connectivity index (χ0v) is 12.8. The molecule has 1 aliphatic rings. The van der Waals surface area contributed by atoms with Gasteiger partial charge >= 0.3 is 0 Å². The molecule has 0 aliphatic carbocycles. The smallest absolute Gasteiger partial charge is 0.243 e. The van der Waals surface area contributed by atoms with Gasteiger partial charge in [-0.15, -0.1) is 0 Å². The first-order chi connectivity index (χ1) is 9.46. The molecule has 1 aromatic carbocycles. The Balaban J connectivity index is 2.20. The molecule has 1 saturated heterocycles. The van der Waals surface area contributed by atoms with E-state index in [9.17, 15) is 13.5 Å². The molecule has 0 saturated carbocycles. The van der Waals surface area contributed by atoms with Gasteiger partial charge in [-0.2, -0.15) is 4.31 Å². The van der Waals surface area contributed by atoms with Crippen LogP contribution in [0.25, 0.3) is 0 Å². The topological polar surface area (TPSA) is 60.9 Å². The van der Waals surface area contributed by atoms with Gasteiger partial charge in [0, 0.05) is 19.1 Å². The number of aliphatic hydroxyl groups excluding tert-OH is 1. The molecule has 0 spiro atoms. The van der Waals surface area contributed by atoms with Crippen molar-refractivity contribution in [3.8, 4) is 0 Å². The van der Waals surface area contributed by atoms with Crippen LogP contribution < -0.4 is 0 Å². The van der Waals surface area contributed by atoms with Crippen LogP contribution in [0.3, 0.4) is 0 Å². The molecule has 1 aromatic rings. The summed E-state index contributed by atoms with van der Waals surface area (Å²) in [7, 11) is 0.548. The van der Waals surface area contributed by atoms with E-state index >= 15 is 0 Å². The molecule has 1 aliphatic heterocycles. The monoisotopic (exact) mass is 298 g/mol. The molecule has 1 heterocycles. The lowest BCUT2D eigenvalue weighted by atomic mass is 10.1. The number of nitrogens with zero attached hydrogens (tertiary/aromatic N) is 2. The van der Waals surface area contributed by atoms with Gasteiger partial charge < -0.3 is 10.0 Å². The van der Waals surface area contributed by atoms with Gasteiger partial charge in [-0.3, -0.25) is 0 Å². The Labute approximate surface area is 120 Å². The lowest BCUT2D eigenvalue weighted by molar-refractivity contribution is 0.196. The fraction of sp³-hybridized carbons (Fsp3) is 0.571. The molecule has 112 valence electrons. The number of rotatable bonds is 4. The van der Waals surface area contributed by atoms with E-state index < -0.39 is 10.0 Å². The number of sulfonamides is 1. The highest BCUT2D eigenvalue weighted by atomic mass is 32.2. The van der Waals surface area contributed by atoms with Crippen molar-refractivity contribution in [1.82, 2.24) is 9.21 Å². The summed E-state index contributed by atoms with van der Waals surface area (Å²) in [6, 6.07) is 7.09. The van der Waals surface area contributed by atoms with Crippen LogP contribution in [0, 0.1) is 0 Å². The summed E-state index contributed by atoms with van der Waals surface area (Å²) in [6.45, 7) is 0.805. The lowest BCUT2D eigenvalue weighted by Gasteiger charge is -2.34. The molecule has 1 fully saturated rings. The number of piperidine rings is 1. The van der Waals surface area contributed by atoms with Crippen LogP contribution in [-0.4, -0.2) is 56.0 Å². The molecule has 2 rings (SSSR count). The molecule has 0 unspecified atom stereocenters. The predicted octanol–water partition coefficient (Wildman–Crippen LogP) is 0.894. The molecule has 0 bridgehead atoms. The van der Waals surface area contributed by atoms with Crippen molar-refractivity contribution in [3.05, 3.63) is 29.8 Å². The Kier molecular flexibility index (Phi) is 4.80. The molecular weight excluding hydrogens is 276 g/mol. The molecular formula is C14H22N2O3S. The highest BCUT2D eigenvalue weighted by molar-refractivity contribution is 7.89. The van der Waals surface area contributed by atoms with E-state index in [2.05, 4.69) is 4.90 Å². The number of hydrogen-bond donors (Lipinski definition) is 1. The maximum atomic E-state index is 12.6. The van der Waals surface area contributed by atoms with E-state index in [-0.39, 0.29) is 11.5 Å². The normalized spacial score (nSPS) is 18.6.